The third-order valence-corrected chi connectivity index (χ3v) is 3.14. The first-order valence-electron chi connectivity index (χ1n) is 6.29. The van der Waals surface area contributed by atoms with Gasteiger partial charge >= 0.3 is 5.97 Å². The zero-order valence-electron chi connectivity index (χ0n) is 12.0. The molecule has 22 heavy (non-hydrogen) atoms. The maximum Gasteiger partial charge on any atom is 0.339 e. The predicted molar refractivity (Wildman–Crippen MR) is 79.3 cm³/mol. The number of primary amides is 1. The topological polar surface area (TPSA) is 98.8 Å². The second-order valence-corrected chi connectivity index (χ2v) is 4.38. The number of nitrogens with two attached hydrogens (primary N) is 1. The Kier molecular flexibility index (Phi) is 4.31. The van der Waals surface area contributed by atoms with E-state index >= 15 is 0 Å². The molecule has 3 N–H and O–H groups in total. The first-order valence-corrected chi connectivity index (χ1v) is 6.29. The van der Waals surface area contributed by atoms with Crippen molar-refractivity contribution in [3.63, 3.8) is 0 Å². The number of amides is 1. The fourth-order valence-corrected chi connectivity index (χ4v) is 2.13. The maximum atomic E-state index is 11.3. The molecule has 1 amide bonds. The fourth-order valence-electron chi connectivity index (χ4n) is 2.13. The van der Waals surface area contributed by atoms with Gasteiger partial charge in [-0.25, -0.2) is 4.79 Å². The molecule has 1 radical (unpaired) electrons. The number of ether oxygens (including phenoxy) is 2. The van der Waals surface area contributed by atoms with Gasteiger partial charge in [-0.3, -0.25) is 4.79 Å². The van der Waals surface area contributed by atoms with Gasteiger partial charge in [0.05, 0.1) is 19.8 Å². The van der Waals surface area contributed by atoms with E-state index in [0.717, 1.165) is 0 Å². The second-order valence-electron chi connectivity index (χ2n) is 4.38. The van der Waals surface area contributed by atoms with Crippen LogP contribution in [0.15, 0.2) is 30.3 Å². The Balaban J connectivity index is 2.64. The number of rotatable bonds is 5. The highest BCUT2D eigenvalue weighted by atomic mass is 16.5. The van der Waals surface area contributed by atoms with Crippen LogP contribution in [0, 0.1) is 6.07 Å². The van der Waals surface area contributed by atoms with Gasteiger partial charge in [0.1, 0.15) is 17.1 Å². The second kappa shape index (κ2) is 6.17. The van der Waals surface area contributed by atoms with Crippen LogP contribution in [0.25, 0.3) is 11.1 Å². The molecule has 2 aromatic rings. The first kappa shape index (κ1) is 15.4. The van der Waals surface area contributed by atoms with Crippen LogP contribution < -0.4 is 15.2 Å². The van der Waals surface area contributed by atoms with E-state index in [9.17, 15) is 14.7 Å². The van der Waals surface area contributed by atoms with Crippen LogP contribution >= 0.6 is 0 Å². The van der Waals surface area contributed by atoms with Crippen LogP contribution in [0.5, 0.6) is 11.5 Å². The van der Waals surface area contributed by atoms with E-state index in [1.807, 2.05) is 0 Å². The van der Waals surface area contributed by atoms with Gasteiger partial charge in [-0.05, 0) is 29.8 Å². The molecule has 0 unspecified atom stereocenters. The van der Waals surface area contributed by atoms with Gasteiger partial charge in [0.2, 0.25) is 0 Å². The number of carboxylic acids is 1. The van der Waals surface area contributed by atoms with E-state index in [4.69, 9.17) is 15.2 Å². The third-order valence-electron chi connectivity index (χ3n) is 3.14. The average molecular weight is 300 g/mol. The number of benzene rings is 2. The molecule has 0 fully saturated rings. The molecular weight excluding hydrogens is 286 g/mol. The summed E-state index contributed by atoms with van der Waals surface area (Å²) < 4.78 is 10.3. The lowest BCUT2D eigenvalue weighted by Gasteiger charge is -2.13. The lowest BCUT2D eigenvalue weighted by atomic mass is 9.99. The molecule has 0 saturated heterocycles. The normalized spacial score (nSPS) is 10.1. The van der Waals surface area contributed by atoms with E-state index in [1.165, 1.54) is 32.4 Å². The highest BCUT2D eigenvalue weighted by molar-refractivity contribution is 5.97. The Morgan fingerprint density at radius 2 is 1.86 bits per heavy atom. The molecule has 0 aliphatic rings. The summed E-state index contributed by atoms with van der Waals surface area (Å²) in [6.07, 6.45) is 0. The Labute approximate surface area is 127 Å². The smallest absolute Gasteiger partial charge is 0.339 e. The van der Waals surface area contributed by atoms with Crippen molar-refractivity contribution < 1.29 is 24.2 Å². The Morgan fingerprint density at radius 3 is 2.41 bits per heavy atom. The van der Waals surface area contributed by atoms with Gasteiger partial charge < -0.3 is 20.3 Å². The number of aromatic carboxylic acids is 1. The number of carbonyl (C=O) groups is 2. The molecule has 113 valence electrons. The maximum absolute atomic E-state index is 11.3. The Hall–Kier alpha value is -3.02. The first-order chi connectivity index (χ1) is 10.5. The van der Waals surface area contributed by atoms with Gasteiger partial charge in [0, 0.05) is 5.56 Å². The van der Waals surface area contributed by atoms with Crippen molar-refractivity contribution in [2.45, 2.75) is 0 Å². The predicted octanol–water partition coefficient (Wildman–Crippen LogP) is 1.97. The Bertz CT molecular complexity index is 739. The summed E-state index contributed by atoms with van der Waals surface area (Å²) in [5.41, 5.74) is 6.58. The van der Waals surface area contributed by atoms with E-state index in [-0.39, 0.29) is 16.9 Å². The van der Waals surface area contributed by atoms with Crippen molar-refractivity contribution in [3.05, 3.63) is 47.5 Å². The quantitative estimate of drug-likeness (QED) is 0.879. The van der Waals surface area contributed by atoms with E-state index in [1.54, 1.807) is 12.1 Å². The largest absolute Gasteiger partial charge is 0.496 e. The molecule has 0 aliphatic carbocycles. The SMILES string of the molecule is COc1cc(-c2[c]ccc(C(=O)O)c2OC)ccc1C(N)=O. The summed E-state index contributed by atoms with van der Waals surface area (Å²) in [4.78, 5) is 22.6. The van der Waals surface area contributed by atoms with Gasteiger partial charge in [0.25, 0.3) is 5.91 Å². The van der Waals surface area contributed by atoms with Gasteiger partial charge in [0.15, 0.2) is 0 Å². The van der Waals surface area contributed by atoms with Crippen LogP contribution in [-0.4, -0.2) is 31.2 Å². The summed E-state index contributed by atoms with van der Waals surface area (Å²) in [7, 11) is 2.80. The van der Waals surface area contributed by atoms with Crippen LogP contribution in [0.1, 0.15) is 20.7 Å². The number of methoxy groups -OCH3 is 2. The number of hydrogen-bond acceptors (Lipinski definition) is 4. The van der Waals surface area contributed by atoms with Crippen LogP contribution in [0.4, 0.5) is 0 Å². The summed E-state index contributed by atoms with van der Waals surface area (Å²) in [6, 6.07) is 10.6. The molecule has 0 spiro atoms. The van der Waals surface area contributed by atoms with Gasteiger partial charge in [-0.1, -0.05) is 12.1 Å². The molecule has 0 heterocycles. The lowest BCUT2D eigenvalue weighted by Crippen LogP contribution is -2.12. The van der Waals surface area contributed by atoms with Gasteiger partial charge in [-0.2, -0.15) is 0 Å². The van der Waals surface area contributed by atoms with Crippen molar-refractivity contribution >= 4 is 11.9 Å². The third kappa shape index (κ3) is 2.71. The Morgan fingerprint density at radius 1 is 1.14 bits per heavy atom. The molecule has 0 atom stereocenters. The van der Waals surface area contributed by atoms with Crippen molar-refractivity contribution in [2.24, 2.45) is 5.73 Å². The molecule has 2 aromatic carbocycles. The van der Waals surface area contributed by atoms with Crippen LogP contribution in [0.2, 0.25) is 0 Å². The molecule has 6 heteroatoms. The standard InChI is InChI=1S/C16H14NO5/c1-21-13-8-9(6-7-11(13)15(17)18)10-4-3-5-12(16(19)20)14(10)22-2/h3,5-8H,1-2H3,(H2,17,18)(H,19,20). The van der Waals surface area contributed by atoms with E-state index in [2.05, 4.69) is 6.07 Å². The molecular formula is C16H14NO5. The summed E-state index contributed by atoms with van der Waals surface area (Å²) in [5.74, 6) is -1.24. The average Bonchev–Trinajstić information content (AvgIpc) is 2.53. The minimum atomic E-state index is -1.10. The molecule has 0 aliphatic heterocycles. The zero-order valence-corrected chi connectivity index (χ0v) is 12.0. The number of carboxylic acid groups (broad SMARTS) is 1. The minimum Gasteiger partial charge on any atom is -0.496 e. The number of carbonyl (C=O) groups excluding carboxylic acids is 1. The monoisotopic (exact) mass is 300 g/mol. The zero-order chi connectivity index (χ0) is 16.3. The van der Waals surface area contributed by atoms with Gasteiger partial charge in [-0.15, -0.1) is 0 Å². The molecule has 0 saturated carbocycles. The molecule has 6 nitrogen and oxygen atoms in total. The summed E-state index contributed by atoms with van der Waals surface area (Å²) in [6.45, 7) is 0. The van der Waals surface area contributed by atoms with Crippen LogP contribution in [-0.2, 0) is 0 Å². The lowest BCUT2D eigenvalue weighted by molar-refractivity contribution is 0.0693. The van der Waals surface area contributed by atoms with E-state index < -0.39 is 11.9 Å². The van der Waals surface area contributed by atoms with Crippen molar-refractivity contribution in [1.82, 2.24) is 0 Å². The van der Waals surface area contributed by atoms with Crippen molar-refractivity contribution in [1.29, 1.82) is 0 Å². The van der Waals surface area contributed by atoms with Crippen LogP contribution in [0.3, 0.4) is 0 Å². The number of hydrogen-bond donors (Lipinski definition) is 2. The molecule has 2 rings (SSSR count). The van der Waals surface area contributed by atoms with Crippen molar-refractivity contribution in [2.75, 3.05) is 14.2 Å². The highest BCUT2D eigenvalue weighted by Gasteiger charge is 2.18. The molecule has 0 aromatic heterocycles. The molecule has 0 bridgehead atoms. The summed E-state index contributed by atoms with van der Waals surface area (Å²) in [5, 5.41) is 9.21. The fraction of sp³-hybridized carbons (Fsp3) is 0.125. The van der Waals surface area contributed by atoms with Crippen molar-refractivity contribution in [3.8, 4) is 22.6 Å². The minimum absolute atomic E-state index is 0.0224. The summed E-state index contributed by atoms with van der Waals surface area (Å²) >= 11 is 0. The highest BCUT2D eigenvalue weighted by Crippen LogP contribution is 2.35. The van der Waals surface area contributed by atoms with E-state index in [0.29, 0.717) is 16.9 Å².